The Hall–Kier alpha value is -2.08. The zero-order chi connectivity index (χ0) is 15.8. The average molecular weight is 320 g/mol. The molecule has 0 aliphatic rings. The van der Waals surface area contributed by atoms with E-state index in [1.165, 1.54) is 0 Å². The van der Waals surface area contributed by atoms with Crippen LogP contribution in [0.1, 0.15) is 18.5 Å². The van der Waals surface area contributed by atoms with E-state index < -0.39 is 0 Å². The van der Waals surface area contributed by atoms with Gasteiger partial charge in [0.2, 0.25) is 5.91 Å². The molecule has 1 N–H and O–H groups in total. The van der Waals surface area contributed by atoms with E-state index in [1.807, 2.05) is 37.3 Å². The fourth-order valence-corrected chi connectivity index (χ4v) is 2.74. The van der Waals surface area contributed by atoms with E-state index in [9.17, 15) is 9.59 Å². The van der Waals surface area contributed by atoms with E-state index in [4.69, 9.17) is 4.74 Å². The van der Waals surface area contributed by atoms with Gasteiger partial charge in [0.05, 0.1) is 6.61 Å². The van der Waals surface area contributed by atoms with E-state index >= 15 is 0 Å². The lowest BCUT2D eigenvalue weighted by atomic mass is 10.3. The molecule has 22 heavy (non-hydrogen) atoms. The van der Waals surface area contributed by atoms with Gasteiger partial charge in [-0.15, -0.1) is 0 Å². The summed E-state index contributed by atoms with van der Waals surface area (Å²) in [5.41, 5.74) is 0.902. The van der Waals surface area contributed by atoms with E-state index in [1.54, 1.807) is 9.95 Å². The molecule has 1 aromatic carbocycles. The van der Waals surface area contributed by atoms with Crippen LogP contribution in [0.3, 0.4) is 0 Å². The average Bonchev–Trinajstić information content (AvgIpc) is 2.84. The second-order valence-corrected chi connectivity index (χ2v) is 5.73. The number of amides is 1. The lowest BCUT2D eigenvalue weighted by Crippen LogP contribution is -2.27. The van der Waals surface area contributed by atoms with Gasteiger partial charge in [-0.2, -0.15) is 0 Å². The van der Waals surface area contributed by atoms with Gasteiger partial charge in [0.1, 0.15) is 5.75 Å². The largest absolute Gasteiger partial charge is 0.494 e. The van der Waals surface area contributed by atoms with Crippen molar-refractivity contribution in [2.75, 3.05) is 13.2 Å². The van der Waals surface area contributed by atoms with Gasteiger partial charge in [0.25, 0.3) is 0 Å². The first-order valence-electron chi connectivity index (χ1n) is 7.26. The van der Waals surface area contributed by atoms with Crippen LogP contribution in [0.4, 0.5) is 0 Å². The Bertz CT molecular complexity index is 649. The summed E-state index contributed by atoms with van der Waals surface area (Å²) in [5.74, 6) is 0.790. The lowest BCUT2D eigenvalue weighted by molar-refractivity contribution is -0.121. The summed E-state index contributed by atoms with van der Waals surface area (Å²) in [7, 11) is 0. The van der Waals surface area contributed by atoms with Gasteiger partial charge in [-0.3, -0.25) is 9.59 Å². The van der Waals surface area contributed by atoms with Gasteiger partial charge in [-0.05, 0) is 25.5 Å². The number of benzene rings is 1. The van der Waals surface area contributed by atoms with Crippen LogP contribution in [-0.2, 0) is 11.3 Å². The van der Waals surface area contributed by atoms with Gasteiger partial charge in [0.15, 0.2) is 0 Å². The van der Waals surface area contributed by atoms with Crippen LogP contribution in [0, 0.1) is 6.92 Å². The summed E-state index contributed by atoms with van der Waals surface area (Å²) in [6.45, 7) is 3.44. The number of rotatable bonds is 8. The minimum absolute atomic E-state index is 0.0124. The molecule has 0 aliphatic heterocycles. The number of hydrogen-bond acceptors (Lipinski definition) is 4. The van der Waals surface area contributed by atoms with Gasteiger partial charge < -0.3 is 14.6 Å². The molecule has 0 bridgehead atoms. The highest BCUT2D eigenvalue weighted by Crippen LogP contribution is 2.08. The number of nitrogens with zero attached hydrogens (tertiary/aromatic N) is 1. The highest BCUT2D eigenvalue weighted by atomic mass is 32.1. The fraction of sp³-hybridized carbons (Fsp3) is 0.375. The number of aryl methyl sites for hydroxylation is 1. The van der Waals surface area contributed by atoms with Crippen molar-refractivity contribution in [1.29, 1.82) is 0 Å². The smallest absolute Gasteiger partial charge is 0.307 e. The molecule has 1 aromatic heterocycles. The van der Waals surface area contributed by atoms with E-state index in [-0.39, 0.29) is 10.8 Å². The normalized spacial score (nSPS) is 10.4. The number of aromatic nitrogens is 1. The maximum absolute atomic E-state index is 11.7. The van der Waals surface area contributed by atoms with Crippen LogP contribution in [0.25, 0.3) is 0 Å². The van der Waals surface area contributed by atoms with Crippen molar-refractivity contribution in [2.24, 2.45) is 0 Å². The van der Waals surface area contributed by atoms with Crippen LogP contribution in [0.2, 0.25) is 0 Å². The standard InChI is InChI=1S/C16H20N2O3S/c1-13-12-22-16(20)18(13)10-8-15(19)17-9-5-11-21-14-6-3-2-4-7-14/h2-4,6-7,12H,5,8-11H2,1H3,(H,17,19). The quantitative estimate of drug-likeness (QED) is 0.759. The highest BCUT2D eigenvalue weighted by Gasteiger charge is 2.06. The van der Waals surface area contributed by atoms with Crippen LogP contribution in [-0.4, -0.2) is 23.6 Å². The number of nitrogens with one attached hydrogen (secondary N) is 1. The Balaban J connectivity index is 1.59. The first-order valence-corrected chi connectivity index (χ1v) is 8.14. The van der Waals surface area contributed by atoms with E-state index in [0.717, 1.165) is 29.2 Å². The molecule has 0 aliphatic carbocycles. The molecule has 118 valence electrons. The number of hydrogen-bond donors (Lipinski definition) is 1. The van der Waals surface area contributed by atoms with E-state index in [0.29, 0.717) is 26.1 Å². The van der Waals surface area contributed by atoms with Crippen LogP contribution in [0.5, 0.6) is 5.75 Å². The summed E-state index contributed by atoms with van der Waals surface area (Å²) in [6.07, 6.45) is 1.06. The first-order chi connectivity index (χ1) is 10.7. The summed E-state index contributed by atoms with van der Waals surface area (Å²) >= 11 is 1.16. The Labute approximate surface area is 133 Å². The number of ether oxygens (including phenoxy) is 1. The molecule has 0 spiro atoms. The topological polar surface area (TPSA) is 60.3 Å². The van der Waals surface area contributed by atoms with Gasteiger partial charge in [0, 0.05) is 30.6 Å². The van der Waals surface area contributed by atoms with Crippen molar-refractivity contribution in [3.05, 3.63) is 51.1 Å². The molecule has 5 nitrogen and oxygen atoms in total. The molecule has 0 unspecified atom stereocenters. The Morgan fingerprint density at radius 1 is 1.32 bits per heavy atom. The van der Waals surface area contributed by atoms with Crippen molar-refractivity contribution < 1.29 is 9.53 Å². The predicted molar refractivity (Wildman–Crippen MR) is 87.5 cm³/mol. The molecule has 1 amide bonds. The summed E-state index contributed by atoms with van der Waals surface area (Å²) in [4.78, 5) is 23.2. The third kappa shape index (κ3) is 5.04. The third-order valence-corrected chi connectivity index (χ3v) is 4.08. The molecule has 0 atom stereocenters. The number of carbonyl (C=O) groups is 1. The predicted octanol–water partition coefficient (Wildman–Crippen LogP) is 2.19. The molecule has 2 aromatic rings. The molecular weight excluding hydrogens is 300 g/mol. The fourth-order valence-electron chi connectivity index (χ4n) is 1.98. The monoisotopic (exact) mass is 320 g/mol. The second kappa shape index (κ2) is 8.38. The Morgan fingerprint density at radius 2 is 2.09 bits per heavy atom. The van der Waals surface area contributed by atoms with Gasteiger partial charge >= 0.3 is 4.87 Å². The second-order valence-electron chi connectivity index (χ2n) is 4.91. The van der Waals surface area contributed by atoms with Crippen LogP contribution < -0.4 is 14.9 Å². The molecule has 0 saturated carbocycles. The van der Waals surface area contributed by atoms with Gasteiger partial charge in [-0.25, -0.2) is 0 Å². The molecule has 2 rings (SSSR count). The number of thiazole rings is 1. The minimum atomic E-state index is -0.0442. The SMILES string of the molecule is Cc1csc(=O)n1CCC(=O)NCCCOc1ccccc1. The Kier molecular flexibility index (Phi) is 6.21. The maximum Gasteiger partial charge on any atom is 0.307 e. The van der Waals surface area contributed by atoms with Crippen molar-refractivity contribution >= 4 is 17.2 Å². The molecule has 0 fully saturated rings. The third-order valence-electron chi connectivity index (χ3n) is 3.19. The zero-order valence-corrected chi connectivity index (χ0v) is 13.4. The number of carbonyl (C=O) groups excluding carboxylic acids is 1. The molecule has 6 heteroatoms. The molecule has 0 radical (unpaired) electrons. The highest BCUT2D eigenvalue weighted by molar-refractivity contribution is 7.07. The van der Waals surface area contributed by atoms with Crippen molar-refractivity contribution in [3.8, 4) is 5.75 Å². The molecular formula is C16H20N2O3S. The molecule has 1 heterocycles. The van der Waals surface area contributed by atoms with Crippen molar-refractivity contribution in [2.45, 2.75) is 26.3 Å². The van der Waals surface area contributed by atoms with Gasteiger partial charge in [-0.1, -0.05) is 29.5 Å². The molecule has 0 saturated heterocycles. The van der Waals surface area contributed by atoms with Crippen LogP contribution >= 0.6 is 11.3 Å². The summed E-state index contributed by atoms with van der Waals surface area (Å²) in [5, 5.41) is 4.65. The van der Waals surface area contributed by atoms with Crippen molar-refractivity contribution in [3.63, 3.8) is 0 Å². The zero-order valence-electron chi connectivity index (χ0n) is 12.6. The van der Waals surface area contributed by atoms with Crippen LogP contribution in [0.15, 0.2) is 40.5 Å². The summed E-state index contributed by atoms with van der Waals surface area (Å²) in [6, 6.07) is 9.59. The summed E-state index contributed by atoms with van der Waals surface area (Å²) < 4.78 is 7.17. The number of para-hydroxylation sites is 1. The minimum Gasteiger partial charge on any atom is -0.494 e. The van der Waals surface area contributed by atoms with Crippen molar-refractivity contribution in [1.82, 2.24) is 9.88 Å². The Morgan fingerprint density at radius 3 is 2.77 bits per heavy atom. The lowest BCUT2D eigenvalue weighted by Gasteiger charge is -2.08. The van der Waals surface area contributed by atoms with E-state index in [2.05, 4.69) is 5.32 Å². The maximum atomic E-state index is 11.7. The first kappa shape index (κ1) is 16.3.